The molecule has 4 rings (SSSR count). The number of carbonyl (C=O) groups is 1. The Morgan fingerprint density at radius 2 is 1.77 bits per heavy atom. The summed E-state index contributed by atoms with van der Waals surface area (Å²) in [6, 6.07) is 20.0. The van der Waals surface area contributed by atoms with E-state index in [0.717, 1.165) is 16.8 Å². The first-order valence-corrected chi connectivity index (χ1v) is 10.5. The zero-order valence-electron chi connectivity index (χ0n) is 18.6. The number of non-ortho nitro benzene ring substituents is 1. The molecule has 0 spiro atoms. The molecule has 0 saturated carbocycles. The first-order valence-electron chi connectivity index (χ1n) is 10.5. The number of hydrogen-bond acceptors (Lipinski definition) is 8. The number of carbonyl (C=O) groups excluding carboxylic acids is 1. The SMILES string of the molecule is CNc1cc(-c2cc(Nc3cccc(NC(=O)c4ccc([N+](=O)[O-])cc4)c3)ncn2)ccc1C=N. The van der Waals surface area contributed by atoms with Crippen LogP contribution in [0.4, 0.5) is 28.6 Å². The minimum absolute atomic E-state index is 0.0789. The number of aromatic nitrogens is 2. The number of benzene rings is 3. The fourth-order valence-corrected chi connectivity index (χ4v) is 3.40. The Kier molecular flexibility index (Phi) is 6.73. The number of nitro benzene ring substituents is 1. The van der Waals surface area contributed by atoms with Crippen molar-refractivity contribution in [3.63, 3.8) is 0 Å². The molecule has 0 unspecified atom stereocenters. The highest BCUT2D eigenvalue weighted by Gasteiger charge is 2.11. The monoisotopic (exact) mass is 467 g/mol. The van der Waals surface area contributed by atoms with E-state index < -0.39 is 4.92 Å². The first-order chi connectivity index (χ1) is 17.0. The summed E-state index contributed by atoms with van der Waals surface area (Å²) < 4.78 is 0. The van der Waals surface area contributed by atoms with E-state index in [9.17, 15) is 14.9 Å². The van der Waals surface area contributed by atoms with Gasteiger partial charge in [-0.05, 0) is 36.4 Å². The molecular formula is C25H21N7O3. The van der Waals surface area contributed by atoms with Crippen LogP contribution in [-0.4, -0.2) is 34.1 Å². The molecule has 0 bridgehead atoms. The van der Waals surface area contributed by atoms with Crippen molar-refractivity contribution in [2.75, 3.05) is 23.0 Å². The topological polar surface area (TPSA) is 146 Å². The summed E-state index contributed by atoms with van der Waals surface area (Å²) in [5, 5.41) is 27.4. The van der Waals surface area contributed by atoms with Gasteiger partial charge >= 0.3 is 0 Å². The molecule has 10 nitrogen and oxygen atoms in total. The van der Waals surface area contributed by atoms with Gasteiger partial charge in [-0.2, -0.15) is 0 Å². The molecule has 4 aromatic rings. The van der Waals surface area contributed by atoms with Crippen molar-refractivity contribution in [3.05, 3.63) is 100 Å². The van der Waals surface area contributed by atoms with E-state index in [-0.39, 0.29) is 11.6 Å². The van der Waals surface area contributed by atoms with Crippen LogP contribution in [0.15, 0.2) is 79.1 Å². The summed E-state index contributed by atoms with van der Waals surface area (Å²) in [4.78, 5) is 31.4. The third-order valence-electron chi connectivity index (χ3n) is 5.17. The lowest BCUT2D eigenvalue weighted by atomic mass is 10.1. The zero-order chi connectivity index (χ0) is 24.8. The van der Waals surface area contributed by atoms with Crippen LogP contribution >= 0.6 is 0 Å². The summed E-state index contributed by atoms with van der Waals surface area (Å²) in [5.41, 5.74) is 4.65. The molecule has 0 saturated heterocycles. The van der Waals surface area contributed by atoms with E-state index in [4.69, 9.17) is 5.41 Å². The van der Waals surface area contributed by atoms with Gasteiger partial charge in [0, 0.05) is 65.2 Å². The second-order valence-electron chi connectivity index (χ2n) is 7.45. The maximum atomic E-state index is 12.5. The van der Waals surface area contributed by atoms with Crippen LogP contribution in [0, 0.1) is 15.5 Å². The fraction of sp³-hybridized carbons (Fsp3) is 0.0400. The normalized spacial score (nSPS) is 10.3. The molecular weight excluding hydrogens is 446 g/mol. The van der Waals surface area contributed by atoms with Gasteiger partial charge < -0.3 is 21.4 Å². The van der Waals surface area contributed by atoms with Crippen LogP contribution in [0.3, 0.4) is 0 Å². The lowest BCUT2D eigenvalue weighted by Crippen LogP contribution is -2.12. The molecule has 1 heterocycles. The number of nitrogens with zero attached hydrogens (tertiary/aromatic N) is 3. The van der Waals surface area contributed by atoms with Gasteiger partial charge in [-0.25, -0.2) is 9.97 Å². The predicted molar refractivity (Wildman–Crippen MR) is 136 cm³/mol. The van der Waals surface area contributed by atoms with Crippen molar-refractivity contribution in [2.45, 2.75) is 0 Å². The summed E-state index contributed by atoms with van der Waals surface area (Å²) in [6.07, 6.45) is 2.75. The van der Waals surface area contributed by atoms with E-state index in [2.05, 4.69) is 25.9 Å². The van der Waals surface area contributed by atoms with Crippen molar-refractivity contribution in [1.29, 1.82) is 5.41 Å². The van der Waals surface area contributed by atoms with Crippen LogP contribution in [0.25, 0.3) is 11.3 Å². The van der Waals surface area contributed by atoms with Gasteiger partial charge in [0.15, 0.2) is 0 Å². The Hall–Kier alpha value is -5.12. The molecule has 1 amide bonds. The van der Waals surface area contributed by atoms with E-state index >= 15 is 0 Å². The molecule has 0 atom stereocenters. The van der Waals surface area contributed by atoms with Crippen molar-refractivity contribution >= 4 is 40.7 Å². The Morgan fingerprint density at radius 1 is 1.00 bits per heavy atom. The van der Waals surface area contributed by atoms with E-state index in [0.29, 0.717) is 28.5 Å². The molecule has 0 aliphatic carbocycles. The van der Waals surface area contributed by atoms with Crippen molar-refractivity contribution in [2.24, 2.45) is 0 Å². The van der Waals surface area contributed by atoms with Gasteiger partial charge in [0.25, 0.3) is 11.6 Å². The average Bonchev–Trinajstić information content (AvgIpc) is 2.88. The largest absolute Gasteiger partial charge is 0.388 e. The first kappa shape index (κ1) is 23.1. The van der Waals surface area contributed by atoms with Crippen LogP contribution < -0.4 is 16.0 Å². The van der Waals surface area contributed by atoms with E-state index in [1.54, 1.807) is 31.3 Å². The third kappa shape index (κ3) is 5.45. The number of amides is 1. The molecule has 1 aromatic heterocycles. The number of hydrogen-bond donors (Lipinski definition) is 4. The van der Waals surface area contributed by atoms with E-state index in [1.807, 2.05) is 24.3 Å². The van der Waals surface area contributed by atoms with Gasteiger partial charge in [0.05, 0.1) is 10.6 Å². The summed E-state index contributed by atoms with van der Waals surface area (Å²) in [6.45, 7) is 0. The summed E-state index contributed by atoms with van der Waals surface area (Å²) >= 11 is 0. The van der Waals surface area contributed by atoms with Gasteiger partial charge in [-0.1, -0.05) is 18.2 Å². The second kappa shape index (κ2) is 10.2. The Balaban J connectivity index is 1.49. The van der Waals surface area contributed by atoms with Gasteiger partial charge in [-0.3, -0.25) is 14.9 Å². The van der Waals surface area contributed by atoms with E-state index in [1.165, 1.54) is 36.8 Å². The molecule has 10 heteroatoms. The maximum Gasteiger partial charge on any atom is 0.269 e. The molecule has 4 N–H and O–H groups in total. The maximum absolute atomic E-state index is 12.5. The molecule has 174 valence electrons. The molecule has 0 radical (unpaired) electrons. The standard InChI is InChI=1S/C25H21N7O3/c1-27-22-11-17(5-6-18(22)14-26)23-13-24(29-15-28-23)30-19-3-2-4-20(12-19)31-25(33)16-7-9-21(10-8-16)32(34)35/h2-15,26-27H,1H3,(H,31,33)(H,28,29,30). The lowest BCUT2D eigenvalue weighted by Gasteiger charge is -2.11. The minimum atomic E-state index is -0.514. The zero-order valence-corrected chi connectivity index (χ0v) is 18.6. The highest BCUT2D eigenvalue weighted by molar-refractivity contribution is 6.04. The second-order valence-corrected chi connectivity index (χ2v) is 7.45. The van der Waals surface area contributed by atoms with Crippen LogP contribution in [-0.2, 0) is 0 Å². The van der Waals surface area contributed by atoms with Crippen LogP contribution in [0.2, 0.25) is 0 Å². The number of anilines is 4. The predicted octanol–water partition coefficient (Wildman–Crippen LogP) is 5.09. The smallest absolute Gasteiger partial charge is 0.269 e. The van der Waals surface area contributed by atoms with Gasteiger partial charge in [0.1, 0.15) is 12.1 Å². The minimum Gasteiger partial charge on any atom is -0.388 e. The quantitative estimate of drug-likeness (QED) is 0.160. The van der Waals surface area contributed by atoms with Crippen molar-refractivity contribution < 1.29 is 9.72 Å². The third-order valence-corrected chi connectivity index (χ3v) is 5.17. The van der Waals surface area contributed by atoms with Gasteiger partial charge in [-0.15, -0.1) is 0 Å². The molecule has 3 aromatic carbocycles. The average molecular weight is 467 g/mol. The highest BCUT2D eigenvalue weighted by Crippen LogP contribution is 2.26. The lowest BCUT2D eigenvalue weighted by molar-refractivity contribution is -0.384. The highest BCUT2D eigenvalue weighted by atomic mass is 16.6. The number of rotatable bonds is 8. The fourth-order valence-electron chi connectivity index (χ4n) is 3.40. The van der Waals surface area contributed by atoms with Crippen molar-refractivity contribution in [1.82, 2.24) is 9.97 Å². The summed E-state index contributed by atoms with van der Waals surface area (Å²) in [7, 11) is 1.80. The van der Waals surface area contributed by atoms with Crippen LogP contribution in [0.1, 0.15) is 15.9 Å². The Morgan fingerprint density at radius 3 is 2.49 bits per heavy atom. The number of nitro groups is 1. The Bertz CT molecular complexity index is 1400. The molecule has 0 fully saturated rings. The Labute approximate surface area is 200 Å². The number of nitrogens with one attached hydrogen (secondary N) is 4. The van der Waals surface area contributed by atoms with Crippen molar-refractivity contribution in [3.8, 4) is 11.3 Å². The summed E-state index contributed by atoms with van der Waals surface area (Å²) in [5.74, 6) is 0.186. The van der Waals surface area contributed by atoms with Gasteiger partial charge in [0.2, 0.25) is 0 Å². The molecule has 0 aliphatic rings. The molecule has 35 heavy (non-hydrogen) atoms. The van der Waals surface area contributed by atoms with Crippen LogP contribution in [0.5, 0.6) is 0 Å². The molecule has 0 aliphatic heterocycles.